The van der Waals surface area contributed by atoms with Crippen LogP contribution in [-0.2, 0) is 36.3 Å². The molecule has 0 aliphatic carbocycles. The van der Waals surface area contributed by atoms with E-state index in [-0.39, 0.29) is 12.3 Å². The number of benzene rings is 1. The highest BCUT2D eigenvalue weighted by Gasteiger charge is 2.68. The summed E-state index contributed by atoms with van der Waals surface area (Å²) >= 11 is 0. The van der Waals surface area contributed by atoms with Crippen LogP contribution in [0.15, 0.2) is 30.3 Å². The average molecular weight is 364 g/mol. The topological polar surface area (TPSA) is 92.8 Å². The molecule has 2 aliphatic rings. The zero-order valence-electron chi connectivity index (χ0n) is 14.2. The molecule has 7 nitrogen and oxygen atoms in total. The summed E-state index contributed by atoms with van der Waals surface area (Å²) < 4.78 is 16.6. The van der Waals surface area contributed by atoms with Crippen molar-refractivity contribution in [1.29, 1.82) is 0 Å². The van der Waals surface area contributed by atoms with Crippen LogP contribution < -0.4 is 5.32 Å². The van der Waals surface area contributed by atoms with Gasteiger partial charge in [-0.1, -0.05) is 30.3 Å². The Balaban J connectivity index is 1.74. The van der Waals surface area contributed by atoms with Crippen LogP contribution in [-0.4, -0.2) is 56.2 Å². The van der Waals surface area contributed by atoms with E-state index in [1.165, 1.54) is 12.0 Å². The Hall–Kier alpha value is -2.22. The quantitative estimate of drug-likeness (QED) is 0.598. The van der Waals surface area contributed by atoms with Crippen LogP contribution in [0.2, 0.25) is 0 Å². The minimum Gasteiger partial charge on any atom is -0.467 e. The maximum atomic E-state index is 12.8. The van der Waals surface area contributed by atoms with Crippen molar-refractivity contribution in [3.8, 4) is 0 Å². The smallest absolute Gasteiger partial charge is 0.330 e. The average Bonchev–Trinajstić information content (AvgIpc) is 2.77. The highest BCUT2D eigenvalue weighted by Crippen LogP contribution is 2.43. The molecule has 3 rings (SSSR count). The van der Waals surface area contributed by atoms with Crippen molar-refractivity contribution in [3.05, 3.63) is 35.9 Å². The monoisotopic (exact) mass is 364 g/mol. The van der Waals surface area contributed by atoms with E-state index in [2.05, 4.69) is 5.32 Å². The van der Waals surface area contributed by atoms with E-state index in [4.69, 9.17) is 4.74 Å². The van der Waals surface area contributed by atoms with Gasteiger partial charge in [-0.05, 0) is 19.4 Å². The van der Waals surface area contributed by atoms with Crippen LogP contribution in [0.25, 0.3) is 0 Å². The third-order valence-electron chi connectivity index (χ3n) is 4.70. The summed E-state index contributed by atoms with van der Waals surface area (Å²) in [6.07, 6.45) is 0.133. The van der Waals surface area contributed by atoms with Crippen LogP contribution >= 0.6 is 0 Å². The fraction of sp³-hybridized carbons (Fsp3) is 0.471. The fourth-order valence-corrected chi connectivity index (χ4v) is 5.31. The second-order valence-corrected chi connectivity index (χ2v) is 8.80. The van der Waals surface area contributed by atoms with Gasteiger partial charge in [-0.3, -0.25) is 13.8 Å². The normalized spacial score (nSPS) is 29.6. The number of rotatable bonds is 4. The third-order valence-corrected chi connectivity index (χ3v) is 6.90. The van der Waals surface area contributed by atoms with Crippen LogP contribution in [0.3, 0.4) is 0 Å². The van der Waals surface area contributed by atoms with Crippen molar-refractivity contribution in [1.82, 2.24) is 10.2 Å². The molecule has 0 spiro atoms. The highest BCUT2D eigenvalue weighted by atomic mass is 32.2. The second-order valence-electron chi connectivity index (χ2n) is 6.67. The molecule has 4 atom stereocenters. The van der Waals surface area contributed by atoms with Gasteiger partial charge in [-0.25, -0.2) is 4.79 Å². The third kappa shape index (κ3) is 2.74. The Bertz CT molecular complexity index is 749. The number of fused-ring (bicyclic) bond motifs is 1. The Labute approximate surface area is 148 Å². The van der Waals surface area contributed by atoms with Crippen LogP contribution in [0.1, 0.15) is 19.4 Å². The highest BCUT2D eigenvalue weighted by molar-refractivity contribution is 7.87. The first-order valence-corrected chi connectivity index (χ1v) is 9.14. The van der Waals surface area contributed by atoms with Gasteiger partial charge in [-0.15, -0.1) is 0 Å². The molecule has 2 saturated heterocycles. The van der Waals surface area contributed by atoms with Crippen molar-refractivity contribution in [2.75, 3.05) is 7.11 Å². The zero-order valence-corrected chi connectivity index (χ0v) is 15.0. The number of hydrogen-bond acceptors (Lipinski definition) is 5. The van der Waals surface area contributed by atoms with E-state index in [1.807, 2.05) is 30.3 Å². The molecule has 0 aromatic heterocycles. The molecule has 134 valence electrons. The van der Waals surface area contributed by atoms with Crippen molar-refractivity contribution in [3.63, 3.8) is 0 Å². The molecule has 2 amide bonds. The number of ether oxygens (including phenoxy) is 1. The standard InChI is InChI=1S/C17H20N2O5S/c1-17(2)13(16(22)24-3)19-14(21)12(15(19)25(17)23)18-11(20)9-10-7-5-4-6-8-10/h4-8,12-13,15H,9H2,1-3H3,(H,18,20)/t12-,13+,15-,25?/m1/s1. The SMILES string of the molecule is COC(=O)[C@@H]1N2C(=O)[C@@H](NC(=O)Cc3ccccc3)[C@H]2S(=O)C1(C)C. The van der Waals surface area contributed by atoms with E-state index in [1.54, 1.807) is 13.8 Å². The van der Waals surface area contributed by atoms with Gasteiger partial charge in [0.25, 0.3) is 0 Å². The van der Waals surface area contributed by atoms with E-state index >= 15 is 0 Å². The first-order valence-electron chi connectivity index (χ1n) is 7.93. The van der Waals surface area contributed by atoms with Crippen molar-refractivity contribution in [2.45, 2.75) is 42.5 Å². The van der Waals surface area contributed by atoms with Crippen molar-refractivity contribution < 1.29 is 23.3 Å². The first-order chi connectivity index (χ1) is 11.8. The lowest BCUT2D eigenvalue weighted by Crippen LogP contribution is -2.71. The van der Waals surface area contributed by atoms with E-state index in [0.717, 1.165) is 5.56 Å². The minimum absolute atomic E-state index is 0.133. The van der Waals surface area contributed by atoms with E-state index in [9.17, 15) is 18.6 Å². The van der Waals surface area contributed by atoms with E-state index < -0.39 is 44.9 Å². The van der Waals surface area contributed by atoms with Gasteiger partial charge in [-0.2, -0.15) is 0 Å². The predicted octanol–water partition coefficient (Wildman–Crippen LogP) is -0.0353. The molecule has 0 bridgehead atoms. The molecule has 1 N–H and O–H groups in total. The van der Waals surface area contributed by atoms with Gasteiger partial charge < -0.3 is 15.0 Å². The molecule has 1 unspecified atom stereocenters. The number of nitrogens with one attached hydrogen (secondary N) is 1. The fourth-order valence-electron chi connectivity index (χ4n) is 3.39. The molecule has 2 aliphatic heterocycles. The summed E-state index contributed by atoms with van der Waals surface area (Å²) in [5.41, 5.74) is 0.823. The summed E-state index contributed by atoms with van der Waals surface area (Å²) in [5, 5.41) is 1.95. The maximum absolute atomic E-state index is 12.8. The van der Waals surface area contributed by atoms with Crippen molar-refractivity contribution in [2.24, 2.45) is 0 Å². The van der Waals surface area contributed by atoms with Gasteiger partial charge in [0.05, 0.1) is 29.1 Å². The van der Waals surface area contributed by atoms with Gasteiger partial charge >= 0.3 is 5.97 Å². The maximum Gasteiger partial charge on any atom is 0.330 e. The lowest BCUT2D eigenvalue weighted by molar-refractivity contribution is -0.162. The van der Waals surface area contributed by atoms with Gasteiger partial charge in [0, 0.05) is 0 Å². The summed E-state index contributed by atoms with van der Waals surface area (Å²) in [4.78, 5) is 38.0. The molecular formula is C17H20N2O5S. The first kappa shape index (κ1) is 17.6. The number of esters is 1. The molecule has 0 radical (unpaired) electrons. The van der Waals surface area contributed by atoms with Crippen LogP contribution in [0.5, 0.6) is 0 Å². The number of carbonyl (C=O) groups excluding carboxylic acids is 3. The Kier molecular flexibility index (Phi) is 4.40. The number of carbonyl (C=O) groups is 3. The Morgan fingerprint density at radius 3 is 2.52 bits per heavy atom. The largest absolute Gasteiger partial charge is 0.467 e. The molecular weight excluding hydrogens is 344 g/mol. The van der Waals surface area contributed by atoms with Crippen LogP contribution in [0.4, 0.5) is 0 Å². The van der Waals surface area contributed by atoms with Gasteiger partial charge in [0.15, 0.2) is 0 Å². The van der Waals surface area contributed by atoms with Crippen LogP contribution in [0, 0.1) is 0 Å². The molecule has 2 fully saturated rings. The minimum atomic E-state index is -1.50. The number of nitrogens with zero attached hydrogens (tertiary/aromatic N) is 1. The number of hydrogen-bond donors (Lipinski definition) is 1. The molecule has 8 heteroatoms. The predicted molar refractivity (Wildman–Crippen MR) is 90.7 cm³/mol. The molecule has 1 aromatic rings. The van der Waals surface area contributed by atoms with E-state index in [0.29, 0.717) is 0 Å². The number of β-lactam (4-membered cyclic amide) rings is 1. The Morgan fingerprint density at radius 2 is 1.92 bits per heavy atom. The molecule has 0 saturated carbocycles. The number of amides is 2. The van der Waals surface area contributed by atoms with Crippen molar-refractivity contribution >= 4 is 28.6 Å². The zero-order chi connectivity index (χ0) is 18.4. The Morgan fingerprint density at radius 1 is 1.28 bits per heavy atom. The summed E-state index contributed by atoms with van der Waals surface area (Å²) in [5.74, 6) is -1.32. The van der Waals surface area contributed by atoms with Gasteiger partial charge in [0.1, 0.15) is 17.5 Å². The molecule has 1 aromatic carbocycles. The lowest BCUT2D eigenvalue weighted by Gasteiger charge is -2.43. The lowest BCUT2D eigenvalue weighted by atomic mass is 9.96. The summed E-state index contributed by atoms with van der Waals surface area (Å²) in [7, 11) is -0.263. The summed E-state index contributed by atoms with van der Waals surface area (Å²) in [6.45, 7) is 3.33. The molecule has 25 heavy (non-hydrogen) atoms. The van der Waals surface area contributed by atoms with Gasteiger partial charge in [0.2, 0.25) is 11.8 Å². The summed E-state index contributed by atoms with van der Waals surface area (Å²) in [6, 6.07) is 7.37. The number of methoxy groups -OCH3 is 1. The molecule has 2 heterocycles. The second kappa shape index (κ2) is 6.25.